The molecule has 0 aliphatic carbocycles. The molecule has 0 aliphatic heterocycles. The molecule has 2 atom stereocenters. The first-order chi connectivity index (χ1) is 20.7. The molecule has 1 heterocycles. The van der Waals surface area contributed by atoms with E-state index >= 15 is 0 Å². The van der Waals surface area contributed by atoms with Crippen LogP contribution in [0.2, 0.25) is 0 Å². The molecule has 42 heavy (non-hydrogen) atoms. The zero-order valence-electron chi connectivity index (χ0n) is 29.7. The Balaban J connectivity index is 2.32. The standard InChI is InChI=1S/C40H78N2/c1-5-8-11-13-15-17-19-20-21-23-25-27-29-32-35-39(34-31-28-26-24-22-18-16-14-12-9-6-2)40-41-36-37-42(40)38(4)33-30-10-7-3/h36-39H,5-35H2,1-4H3/p+1. The quantitative estimate of drug-likeness (QED) is 0.0623. The molecule has 1 aromatic heterocycles. The van der Waals surface area contributed by atoms with Crippen LogP contribution in [0.25, 0.3) is 0 Å². The van der Waals surface area contributed by atoms with Crippen LogP contribution in [0.5, 0.6) is 0 Å². The highest BCUT2D eigenvalue weighted by Gasteiger charge is 2.25. The Bertz CT molecular complexity index is 650. The lowest BCUT2D eigenvalue weighted by molar-refractivity contribution is -0.727. The molecule has 0 radical (unpaired) electrons. The molecule has 2 heteroatoms. The van der Waals surface area contributed by atoms with E-state index < -0.39 is 0 Å². The smallest absolute Gasteiger partial charge is 0.247 e. The number of aromatic amines is 1. The first-order valence-electron chi connectivity index (χ1n) is 19.8. The molecule has 0 fully saturated rings. The molecule has 1 aromatic rings. The number of nitrogens with zero attached hydrogens (tertiary/aromatic N) is 1. The van der Waals surface area contributed by atoms with E-state index in [1.165, 1.54) is 205 Å². The average molecular weight is 588 g/mol. The fourth-order valence-corrected chi connectivity index (χ4v) is 6.96. The van der Waals surface area contributed by atoms with Crippen molar-refractivity contribution in [2.24, 2.45) is 0 Å². The van der Waals surface area contributed by atoms with Crippen molar-refractivity contribution in [1.29, 1.82) is 0 Å². The van der Waals surface area contributed by atoms with Crippen molar-refractivity contribution in [3.05, 3.63) is 18.2 Å². The van der Waals surface area contributed by atoms with E-state index in [4.69, 9.17) is 0 Å². The summed E-state index contributed by atoms with van der Waals surface area (Å²) in [4.78, 5) is 3.73. The van der Waals surface area contributed by atoms with Crippen LogP contribution in [-0.4, -0.2) is 4.98 Å². The van der Waals surface area contributed by atoms with Gasteiger partial charge in [-0.25, -0.2) is 9.55 Å². The van der Waals surface area contributed by atoms with E-state index in [9.17, 15) is 0 Å². The maximum absolute atomic E-state index is 3.73. The molecule has 0 bridgehead atoms. The number of aromatic nitrogens is 2. The van der Waals surface area contributed by atoms with Crippen molar-refractivity contribution < 1.29 is 4.57 Å². The van der Waals surface area contributed by atoms with Gasteiger partial charge in [0.15, 0.2) is 0 Å². The molecule has 1 rings (SSSR count). The van der Waals surface area contributed by atoms with E-state index in [2.05, 4.69) is 49.6 Å². The second-order valence-electron chi connectivity index (χ2n) is 14.0. The number of nitrogens with one attached hydrogen (secondary N) is 1. The van der Waals surface area contributed by atoms with E-state index in [-0.39, 0.29) is 0 Å². The Morgan fingerprint density at radius 3 is 1.14 bits per heavy atom. The highest BCUT2D eigenvalue weighted by Crippen LogP contribution is 2.27. The Hall–Kier alpha value is -0.790. The van der Waals surface area contributed by atoms with Crippen molar-refractivity contribution in [3.63, 3.8) is 0 Å². The number of rotatable bonds is 33. The van der Waals surface area contributed by atoms with Gasteiger partial charge in [-0.15, -0.1) is 0 Å². The SMILES string of the molecule is CCCCCCCCCCCCCCCCC(CCCCCCCCCCCCC)c1[nH]cc[n+]1C(C)CCCCC. The summed E-state index contributed by atoms with van der Waals surface area (Å²) in [5, 5.41) is 0. The van der Waals surface area contributed by atoms with Gasteiger partial charge in [0.05, 0.1) is 12.0 Å². The van der Waals surface area contributed by atoms with Gasteiger partial charge in [0.2, 0.25) is 0 Å². The summed E-state index contributed by atoms with van der Waals surface area (Å²) in [7, 11) is 0. The van der Waals surface area contributed by atoms with E-state index in [0.717, 1.165) is 0 Å². The minimum Gasteiger partial charge on any atom is -0.247 e. The summed E-state index contributed by atoms with van der Waals surface area (Å²) >= 11 is 0. The van der Waals surface area contributed by atoms with Crippen molar-refractivity contribution in [2.75, 3.05) is 0 Å². The summed E-state index contributed by atoms with van der Waals surface area (Å²) in [6, 6.07) is 0.619. The van der Waals surface area contributed by atoms with Gasteiger partial charge in [0, 0.05) is 0 Å². The Labute approximate surface area is 266 Å². The topological polar surface area (TPSA) is 19.7 Å². The Morgan fingerprint density at radius 1 is 0.452 bits per heavy atom. The molecular weight excluding hydrogens is 508 g/mol. The molecule has 0 amide bonds. The molecule has 0 saturated carbocycles. The average Bonchev–Trinajstić information content (AvgIpc) is 3.49. The second-order valence-corrected chi connectivity index (χ2v) is 14.0. The summed E-state index contributed by atoms with van der Waals surface area (Å²) < 4.78 is 2.61. The largest absolute Gasteiger partial charge is 0.257 e. The van der Waals surface area contributed by atoms with Gasteiger partial charge in [0.25, 0.3) is 5.82 Å². The van der Waals surface area contributed by atoms with Gasteiger partial charge >= 0.3 is 0 Å². The fraction of sp³-hybridized carbons (Fsp3) is 0.925. The summed E-state index contributed by atoms with van der Waals surface area (Å²) in [6.07, 6.45) is 48.7. The van der Waals surface area contributed by atoms with Gasteiger partial charge in [-0.1, -0.05) is 194 Å². The third kappa shape index (κ3) is 21.8. The van der Waals surface area contributed by atoms with Gasteiger partial charge in [-0.3, -0.25) is 0 Å². The summed E-state index contributed by atoms with van der Waals surface area (Å²) in [5.74, 6) is 2.24. The lowest BCUT2D eigenvalue weighted by Crippen LogP contribution is -2.41. The number of H-pyrrole nitrogens is 1. The third-order valence-corrected chi connectivity index (χ3v) is 9.89. The number of unbranched alkanes of at least 4 members (excludes halogenated alkanes) is 25. The van der Waals surface area contributed by atoms with Crippen LogP contribution in [0.4, 0.5) is 0 Å². The van der Waals surface area contributed by atoms with Gasteiger partial charge < -0.3 is 0 Å². The van der Waals surface area contributed by atoms with E-state index in [1.807, 2.05) is 0 Å². The van der Waals surface area contributed by atoms with Crippen molar-refractivity contribution in [2.45, 2.75) is 239 Å². The van der Waals surface area contributed by atoms with Crippen molar-refractivity contribution in [1.82, 2.24) is 4.98 Å². The highest BCUT2D eigenvalue weighted by atomic mass is 15.1. The predicted octanol–water partition coefficient (Wildman–Crippen LogP) is 14.1. The van der Waals surface area contributed by atoms with Crippen LogP contribution in [0.1, 0.15) is 245 Å². The summed E-state index contributed by atoms with van der Waals surface area (Å²) in [6.45, 7) is 9.39. The second kappa shape index (κ2) is 30.2. The first kappa shape index (κ1) is 39.2. The molecule has 0 spiro atoms. The van der Waals surface area contributed by atoms with Gasteiger partial charge in [0.1, 0.15) is 12.4 Å². The minimum absolute atomic E-state index is 0.619. The molecule has 248 valence electrons. The Morgan fingerprint density at radius 2 is 0.762 bits per heavy atom. The van der Waals surface area contributed by atoms with Crippen molar-refractivity contribution in [3.8, 4) is 0 Å². The normalized spacial score (nSPS) is 13.1. The molecule has 1 N–H and O–H groups in total. The van der Waals surface area contributed by atoms with Crippen molar-refractivity contribution >= 4 is 0 Å². The molecule has 0 aromatic carbocycles. The van der Waals surface area contributed by atoms with Crippen LogP contribution < -0.4 is 4.57 Å². The van der Waals surface area contributed by atoms with Gasteiger partial charge in [-0.05, 0) is 32.6 Å². The highest BCUT2D eigenvalue weighted by molar-refractivity contribution is 4.90. The maximum Gasteiger partial charge on any atom is 0.257 e. The van der Waals surface area contributed by atoms with Gasteiger partial charge in [-0.2, -0.15) is 0 Å². The Kier molecular flexibility index (Phi) is 28.3. The molecule has 0 aliphatic rings. The lowest BCUT2D eigenvalue weighted by Gasteiger charge is -2.17. The molecule has 2 nitrogen and oxygen atoms in total. The number of imidazole rings is 1. The van der Waals surface area contributed by atoms with Crippen LogP contribution >= 0.6 is 0 Å². The number of hydrogen-bond acceptors (Lipinski definition) is 0. The van der Waals surface area contributed by atoms with E-state index in [1.54, 1.807) is 0 Å². The van der Waals surface area contributed by atoms with Crippen LogP contribution in [-0.2, 0) is 0 Å². The lowest BCUT2D eigenvalue weighted by atomic mass is 9.92. The zero-order chi connectivity index (χ0) is 30.4. The fourth-order valence-electron chi connectivity index (χ4n) is 6.96. The molecule has 0 saturated heterocycles. The molecule has 2 unspecified atom stereocenters. The third-order valence-electron chi connectivity index (χ3n) is 9.89. The monoisotopic (exact) mass is 588 g/mol. The van der Waals surface area contributed by atoms with Crippen LogP contribution in [0, 0.1) is 0 Å². The zero-order valence-corrected chi connectivity index (χ0v) is 29.7. The molecular formula is C40H79N2+. The number of hydrogen-bond donors (Lipinski definition) is 1. The summed E-state index contributed by atoms with van der Waals surface area (Å²) in [5.41, 5.74) is 0. The minimum atomic E-state index is 0.619. The maximum atomic E-state index is 3.73. The van der Waals surface area contributed by atoms with E-state index in [0.29, 0.717) is 12.0 Å². The predicted molar refractivity (Wildman–Crippen MR) is 189 cm³/mol. The first-order valence-corrected chi connectivity index (χ1v) is 19.8. The van der Waals surface area contributed by atoms with Crippen LogP contribution in [0.3, 0.4) is 0 Å². The van der Waals surface area contributed by atoms with Crippen LogP contribution in [0.15, 0.2) is 12.4 Å².